The topological polar surface area (TPSA) is 157 Å². The number of carbonyl (C=O) groups excluding carboxylic acids is 1. The number of rotatable bonds is 13. The molecule has 0 radical (unpaired) electrons. The summed E-state index contributed by atoms with van der Waals surface area (Å²) in [4.78, 5) is 21.2. The highest BCUT2D eigenvalue weighted by Gasteiger charge is 2.29. The third-order valence-electron chi connectivity index (χ3n) is 6.75. The molecule has 12 nitrogen and oxygen atoms in total. The summed E-state index contributed by atoms with van der Waals surface area (Å²) in [6.45, 7) is 4.98. The van der Waals surface area contributed by atoms with E-state index < -0.39 is 6.23 Å². The lowest BCUT2D eigenvalue weighted by Gasteiger charge is -2.25. The summed E-state index contributed by atoms with van der Waals surface area (Å²) in [6, 6.07) is 7.28. The molecule has 4 aromatic heterocycles. The van der Waals surface area contributed by atoms with E-state index >= 15 is 0 Å². The Bertz CT molecular complexity index is 1430. The number of hydrogen-bond donors (Lipinski definition) is 3. The summed E-state index contributed by atoms with van der Waals surface area (Å²) >= 11 is 2.88. The van der Waals surface area contributed by atoms with E-state index in [2.05, 4.69) is 41.0 Å². The molecule has 222 valence electrons. The van der Waals surface area contributed by atoms with Gasteiger partial charge in [-0.25, -0.2) is 0 Å². The van der Waals surface area contributed by atoms with Gasteiger partial charge in [0.15, 0.2) is 0 Å². The van der Waals surface area contributed by atoms with E-state index in [4.69, 9.17) is 9.47 Å². The van der Waals surface area contributed by atoms with Gasteiger partial charge in [-0.2, -0.15) is 0 Å². The molecule has 14 heteroatoms. The van der Waals surface area contributed by atoms with E-state index in [9.17, 15) is 9.90 Å². The molecule has 1 aliphatic rings. The predicted molar refractivity (Wildman–Crippen MR) is 160 cm³/mol. The smallest absolute Gasteiger partial charge is 0.232 e. The van der Waals surface area contributed by atoms with Gasteiger partial charge in [0.05, 0.1) is 32.0 Å². The molecule has 0 spiro atoms. The van der Waals surface area contributed by atoms with Crippen molar-refractivity contribution in [1.29, 1.82) is 0 Å². The van der Waals surface area contributed by atoms with Crippen molar-refractivity contribution in [1.82, 2.24) is 30.4 Å². The molecule has 3 unspecified atom stereocenters. The van der Waals surface area contributed by atoms with Gasteiger partial charge in [0, 0.05) is 29.6 Å². The fourth-order valence-corrected chi connectivity index (χ4v) is 6.66. The number of aromatic nitrogens is 6. The lowest BCUT2D eigenvalue weighted by molar-refractivity contribution is -0.115. The maximum Gasteiger partial charge on any atom is 0.232 e. The number of ether oxygens (including phenoxy) is 2. The van der Waals surface area contributed by atoms with Crippen LogP contribution in [-0.4, -0.2) is 60.8 Å². The zero-order valence-corrected chi connectivity index (χ0v) is 25.2. The van der Waals surface area contributed by atoms with Crippen LogP contribution in [0.4, 0.5) is 10.3 Å². The lowest BCUT2D eigenvalue weighted by Crippen LogP contribution is -2.21. The van der Waals surface area contributed by atoms with Crippen LogP contribution in [0.3, 0.4) is 0 Å². The monoisotopic (exact) mass is 610 g/mol. The van der Waals surface area contributed by atoms with Crippen LogP contribution in [0.5, 0.6) is 11.5 Å². The Hall–Kier alpha value is -3.75. The van der Waals surface area contributed by atoms with Crippen LogP contribution in [0.2, 0.25) is 0 Å². The Morgan fingerprint density at radius 1 is 0.905 bits per heavy atom. The summed E-state index contributed by atoms with van der Waals surface area (Å²) in [5.41, 5.74) is 1.40. The van der Waals surface area contributed by atoms with E-state index in [-0.39, 0.29) is 24.2 Å². The Balaban J connectivity index is 1.11. The first kappa shape index (κ1) is 29.7. The van der Waals surface area contributed by atoms with Crippen molar-refractivity contribution in [3.8, 4) is 11.5 Å². The Kier molecular flexibility index (Phi) is 10.2. The first-order valence-electron chi connectivity index (χ1n) is 14.1. The average molecular weight is 611 g/mol. The summed E-state index contributed by atoms with van der Waals surface area (Å²) in [7, 11) is 0. The molecule has 1 fully saturated rings. The van der Waals surface area contributed by atoms with Crippen molar-refractivity contribution in [2.45, 2.75) is 70.4 Å². The maximum absolute atomic E-state index is 12.5. The number of hydrogen-bond acceptors (Lipinski definition) is 13. The summed E-state index contributed by atoms with van der Waals surface area (Å²) in [5.74, 6) is 1.67. The van der Waals surface area contributed by atoms with E-state index in [0.29, 0.717) is 47.1 Å². The summed E-state index contributed by atoms with van der Waals surface area (Å²) in [6.07, 6.45) is 6.86. The first-order valence-corrected chi connectivity index (χ1v) is 15.7. The van der Waals surface area contributed by atoms with Gasteiger partial charge in [0.1, 0.15) is 27.7 Å². The van der Waals surface area contributed by atoms with Crippen molar-refractivity contribution >= 4 is 38.8 Å². The highest BCUT2D eigenvalue weighted by molar-refractivity contribution is 7.15. The van der Waals surface area contributed by atoms with Crippen molar-refractivity contribution in [3.63, 3.8) is 0 Å². The third-order valence-corrected chi connectivity index (χ3v) is 8.77. The van der Waals surface area contributed by atoms with Crippen LogP contribution in [0.15, 0.2) is 36.7 Å². The highest BCUT2D eigenvalue weighted by Crippen LogP contribution is 2.43. The fourth-order valence-electron chi connectivity index (χ4n) is 4.82. The Morgan fingerprint density at radius 2 is 1.50 bits per heavy atom. The average Bonchev–Trinajstić information content (AvgIpc) is 3.65. The molecule has 1 amide bonds. The molecular weight excluding hydrogens is 576 g/mol. The third kappa shape index (κ3) is 8.17. The number of aliphatic hydroxyl groups excluding tert-OH is 1. The standard InChI is InChI=1S/C28H34N8O4S2/c1-3-39-21-10-8-19(29-15-21)13-23(37)31-27-35-33-25(41-27)17-6-5-7-18(12-17)26-34-36-28(42-26)32-24(38)14-20-9-11-22(16-30-20)40-4-2/h8-11,15-18,23,37H,3-7,12-14H2,1-2H3,(H,31,35)(H,32,36,38). The second-order valence-electron chi connectivity index (χ2n) is 9.88. The molecule has 1 saturated carbocycles. The number of anilines is 2. The number of amides is 1. The molecule has 4 aromatic rings. The van der Waals surface area contributed by atoms with Crippen LogP contribution in [0, 0.1) is 0 Å². The first-order chi connectivity index (χ1) is 20.5. The second-order valence-corrected chi connectivity index (χ2v) is 11.9. The van der Waals surface area contributed by atoms with E-state index in [1.807, 2.05) is 32.0 Å². The molecule has 0 bridgehead atoms. The molecule has 4 heterocycles. The number of aliphatic hydroxyl groups is 1. The molecule has 0 saturated heterocycles. The number of carbonyl (C=O) groups is 1. The molecule has 3 N–H and O–H groups in total. The van der Waals surface area contributed by atoms with Gasteiger partial charge in [-0.1, -0.05) is 29.1 Å². The quantitative estimate of drug-likeness (QED) is 0.182. The van der Waals surface area contributed by atoms with Gasteiger partial charge < -0.3 is 25.2 Å². The number of nitrogens with zero attached hydrogens (tertiary/aromatic N) is 6. The Morgan fingerprint density at radius 3 is 2.10 bits per heavy atom. The lowest BCUT2D eigenvalue weighted by atomic mass is 9.82. The minimum atomic E-state index is -0.837. The van der Waals surface area contributed by atoms with Crippen LogP contribution < -0.4 is 20.1 Å². The van der Waals surface area contributed by atoms with Gasteiger partial charge in [-0.3, -0.25) is 14.8 Å². The fraction of sp³-hybridized carbons (Fsp3) is 0.464. The van der Waals surface area contributed by atoms with Crippen molar-refractivity contribution in [3.05, 3.63) is 58.1 Å². The molecule has 3 atom stereocenters. The SMILES string of the molecule is CCOc1ccc(CC(=O)Nc2nnc(C3CCCC(c4nnc(NC(O)Cc5ccc(OCC)cn5)s4)C3)s2)nc1. The molecule has 5 rings (SSSR count). The molecular formula is C28H34N8O4S2. The van der Waals surface area contributed by atoms with E-state index in [0.717, 1.165) is 41.4 Å². The van der Waals surface area contributed by atoms with Crippen LogP contribution in [0.1, 0.15) is 72.8 Å². The second kappa shape index (κ2) is 14.4. The molecule has 0 aromatic carbocycles. The molecule has 0 aliphatic heterocycles. The minimum absolute atomic E-state index is 0.144. The van der Waals surface area contributed by atoms with Gasteiger partial charge >= 0.3 is 0 Å². The largest absolute Gasteiger partial charge is 0.492 e. The predicted octanol–water partition coefficient (Wildman–Crippen LogP) is 4.57. The van der Waals surface area contributed by atoms with Gasteiger partial charge in [-0.15, -0.1) is 20.4 Å². The number of nitrogens with one attached hydrogen (secondary N) is 2. The normalized spacial score (nSPS) is 17.4. The van der Waals surface area contributed by atoms with Crippen LogP contribution >= 0.6 is 22.7 Å². The molecule has 42 heavy (non-hydrogen) atoms. The van der Waals surface area contributed by atoms with Crippen LogP contribution in [-0.2, 0) is 17.6 Å². The maximum atomic E-state index is 12.5. The van der Waals surface area contributed by atoms with Crippen molar-refractivity contribution < 1.29 is 19.4 Å². The molecule has 1 aliphatic carbocycles. The zero-order valence-electron chi connectivity index (χ0n) is 23.5. The van der Waals surface area contributed by atoms with Gasteiger partial charge in [-0.05, 0) is 57.4 Å². The van der Waals surface area contributed by atoms with Crippen molar-refractivity contribution in [2.75, 3.05) is 23.8 Å². The summed E-state index contributed by atoms with van der Waals surface area (Å²) in [5, 5.41) is 36.6. The zero-order chi connectivity index (χ0) is 29.3. The van der Waals surface area contributed by atoms with E-state index in [1.165, 1.54) is 22.7 Å². The summed E-state index contributed by atoms with van der Waals surface area (Å²) < 4.78 is 10.8. The number of pyridine rings is 2. The van der Waals surface area contributed by atoms with Crippen LogP contribution in [0.25, 0.3) is 0 Å². The Labute approximate surface area is 252 Å². The van der Waals surface area contributed by atoms with E-state index in [1.54, 1.807) is 18.5 Å². The highest BCUT2D eigenvalue weighted by atomic mass is 32.1. The minimum Gasteiger partial charge on any atom is -0.492 e. The van der Waals surface area contributed by atoms with Gasteiger partial charge in [0.25, 0.3) is 0 Å². The van der Waals surface area contributed by atoms with Crippen molar-refractivity contribution in [2.24, 2.45) is 0 Å². The van der Waals surface area contributed by atoms with Gasteiger partial charge in [0.2, 0.25) is 16.2 Å².